The summed E-state index contributed by atoms with van der Waals surface area (Å²) < 4.78 is 2.22. The second-order valence-corrected chi connectivity index (χ2v) is 6.94. The SMILES string of the molecule is CC(C)CNCC(C)NCc1cc(Br)cc(Br)c1. The Labute approximate surface area is 127 Å². The number of rotatable bonds is 7. The van der Waals surface area contributed by atoms with Crippen molar-refractivity contribution in [1.82, 2.24) is 10.6 Å². The second-order valence-electron chi connectivity index (χ2n) is 5.11. The molecular formula is C14H22Br2N2. The van der Waals surface area contributed by atoms with Crippen molar-refractivity contribution in [3.05, 3.63) is 32.7 Å². The number of nitrogens with one attached hydrogen (secondary N) is 2. The monoisotopic (exact) mass is 376 g/mol. The van der Waals surface area contributed by atoms with Crippen molar-refractivity contribution in [2.45, 2.75) is 33.4 Å². The molecule has 1 aromatic rings. The fourth-order valence-electron chi connectivity index (χ4n) is 1.67. The average molecular weight is 378 g/mol. The van der Waals surface area contributed by atoms with Gasteiger partial charge in [-0.05, 0) is 43.1 Å². The van der Waals surface area contributed by atoms with E-state index in [1.54, 1.807) is 0 Å². The summed E-state index contributed by atoms with van der Waals surface area (Å²) in [6.45, 7) is 9.64. The number of hydrogen-bond acceptors (Lipinski definition) is 2. The van der Waals surface area contributed by atoms with Gasteiger partial charge in [0.15, 0.2) is 0 Å². The van der Waals surface area contributed by atoms with Gasteiger partial charge in [0, 0.05) is 28.1 Å². The Balaban J connectivity index is 2.31. The summed E-state index contributed by atoms with van der Waals surface area (Å²) in [7, 11) is 0. The predicted molar refractivity (Wildman–Crippen MR) is 85.9 cm³/mol. The summed E-state index contributed by atoms with van der Waals surface area (Å²) in [5.74, 6) is 0.707. The van der Waals surface area contributed by atoms with Crippen LogP contribution in [0.15, 0.2) is 27.1 Å². The van der Waals surface area contributed by atoms with Crippen LogP contribution in [0.2, 0.25) is 0 Å². The highest BCUT2D eigenvalue weighted by Gasteiger charge is 2.03. The topological polar surface area (TPSA) is 24.1 Å². The third-order valence-electron chi connectivity index (χ3n) is 2.58. The maximum Gasteiger partial charge on any atom is 0.0209 e. The second kappa shape index (κ2) is 8.31. The molecule has 0 amide bonds. The van der Waals surface area contributed by atoms with Crippen LogP contribution in [-0.2, 0) is 6.54 Å². The molecule has 0 aliphatic heterocycles. The van der Waals surface area contributed by atoms with Crippen molar-refractivity contribution in [3.63, 3.8) is 0 Å². The molecule has 102 valence electrons. The van der Waals surface area contributed by atoms with Crippen LogP contribution in [0.5, 0.6) is 0 Å². The average Bonchev–Trinajstić information content (AvgIpc) is 2.24. The van der Waals surface area contributed by atoms with Gasteiger partial charge in [-0.15, -0.1) is 0 Å². The van der Waals surface area contributed by atoms with E-state index in [0.29, 0.717) is 12.0 Å². The molecule has 0 aliphatic rings. The Hall–Kier alpha value is 0.1000. The molecule has 1 unspecified atom stereocenters. The van der Waals surface area contributed by atoms with E-state index >= 15 is 0 Å². The quantitative estimate of drug-likeness (QED) is 0.752. The highest BCUT2D eigenvalue weighted by atomic mass is 79.9. The van der Waals surface area contributed by atoms with E-state index in [1.165, 1.54) is 5.56 Å². The lowest BCUT2D eigenvalue weighted by atomic mass is 10.2. The van der Waals surface area contributed by atoms with Gasteiger partial charge in [0.25, 0.3) is 0 Å². The van der Waals surface area contributed by atoms with Gasteiger partial charge < -0.3 is 10.6 Å². The van der Waals surface area contributed by atoms with E-state index < -0.39 is 0 Å². The highest BCUT2D eigenvalue weighted by molar-refractivity contribution is 9.11. The number of hydrogen-bond donors (Lipinski definition) is 2. The van der Waals surface area contributed by atoms with Crippen molar-refractivity contribution < 1.29 is 0 Å². The zero-order chi connectivity index (χ0) is 13.5. The predicted octanol–water partition coefficient (Wildman–Crippen LogP) is 3.94. The van der Waals surface area contributed by atoms with Crippen LogP contribution in [0.3, 0.4) is 0 Å². The Morgan fingerprint density at radius 1 is 1.00 bits per heavy atom. The van der Waals surface area contributed by atoms with Crippen LogP contribution >= 0.6 is 31.9 Å². The van der Waals surface area contributed by atoms with Gasteiger partial charge in [-0.2, -0.15) is 0 Å². The molecule has 0 saturated heterocycles. The fourth-order valence-corrected chi connectivity index (χ4v) is 3.05. The molecule has 0 heterocycles. The van der Waals surface area contributed by atoms with Crippen LogP contribution in [0.1, 0.15) is 26.3 Å². The Bertz CT molecular complexity index is 347. The minimum absolute atomic E-state index is 0.474. The van der Waals surface area contributed by atoms with Gasteiger partial charge in [0.1, 0.15) is 0 Å². The van der Waals surface area contributed by atoms with Crippen LogP contribution in [0.4, 0.5) is 0 Å². The normalized spacial score (nSPS) is 13.0. The van der Waals surface area contributed by atoms with Gasteiger partial charge in [0.05, 0.1) is 0 Å². The molecule has 2 nitrogen and oxygen atoms in total. The highest BCUT2D eigenvalue weighted by Crippen LogP contribution is 2.19. The number of halogens is 2. The summed E-state index contributed by atoms with van der Waals surface area (Å²) in [5, 5.41) is 6.99. The first-order valence-corrected chi connectivity index (χ1v) is 7.95. The molecule has 0 saturated carbocycles. The summed E-state index contributed by atoms with van der Waals surface area (Å²) in [6.07, 6.45) is 0. The molecule has 4 heteroatoms. The smallest absolute Gasteiger partial charge is 0.0209 e. The van der Waals surface area contributed by atoms with Crippen LogP contribution in [0, 0.1) is 5.92 Å². The van der Waals surface area contributed by atoms with Crippen molar-refractivity contribution in [2.75, 3.05) is 13.1 Å². The van der Waals surface area contributed by atoms with Gasteiger partial charge in [-0.1, -0.05) is 45.7 Å². The molecule has 18 heavy (non-hydrogen) atoms. The zero-order valence-electron chi connectivity index (χ0n) is 11.3. The van der Waals surface area contributed by atoms with Crippen LogP contribution in [-0.4, -0.2) is 19.1 Å². The largest absolute Gasteiger partial charge is 0.315 e. The fraction of sp³-hybridized carbons (Fsp3) is 0.571. The Kier molecular flexibility index (Phi) is 7.46. The first-order valence-electron chi connectivity index (χ1n) is 6.36. The lowest BCUT2D eigenvalue weighted by Gasteiger charge is -2.16. The maximum absolute atomic E-state index is 3.52. The molecule has 0 spiro atoms. The molecule has 0 radical (unpaired) electrons. The van der Waals surface area contributed by atoms with Crippen molar-refractivity contribution in [2.24, 2.45) is 5.92 Å². The van der Waals surface area contributed by atoms with Crippen LogP contribution < -0.4 is 10.6 Å². The molecule has 0 fully saturated rings. The summed E-state index contributed by atoms with van der Waals surface area (Å²) in [6, 6.07) is 6.82. The molecule has 0 bridgehead atoms. The third kappa shape index (κ3) is 6.88. The van der Waals surface area contributed by atoms with E-state index in [4.69, 9.17) is 0 Å². The van der Waals surface area contributed by atoms with Crippen molar-refractivity contribution in [1.29, 1.82) is 0 Å². The lowest BCUT2D eigenvalue weighted by Crippen LogP contribution is -2.37. The van der Waals surface area contributed by atoms with Gasteiger partial charge >= 0.3 is 0 Å². The zero-order valence-corrected chi connectivity index (χ0v) is 14.4. The molecule has 1 aromatic carbocycles. The van der Waals surface area contributed by atoms with Gasteiger partial charge in [-0.3, -0.25) is 0 Å². The number of benzene rings is 1. The molecule has 0 aromatic heterocycles. The molecular weight excluding hydrogens is 356 g/mol. The van der Waals surface area contributed by atoms with Gasteiger partial charge in [0.2, 0.25) is 0 Å². The minimum Gasteiger partial charge on any atom is -0.315 e. The minimum atomic E-state index is 0.474. The van der Waals surface area contributed by atoms with E-state index in [2.05, 4.69) is 81.5 Å². The molecule has 0 aliphatic carbocycles. The van der Waals surface area contributed by atoms with E-state index in [1.807, 2.05) is 0 Å². The Morgan fingerprint density at radius 2 is 1.61 bits per heavy atom. The van der Waals surface area contributed by atoms with E-state index in [9.17, 15) is 0 Å². The first-order chi connectivity index (χ1) is 8.47. The van der Waals surface area contributed by atoms with Gasteiger partial charge in [-0.25, -0.2) is 0 Å². The third-order valence-corrected chi connectivity index (χ3v) is 3.50. The van der Waals surface area contributed by atoms with Crippen LogP contribution in [0.25, 0.3) is 0 Å². The summed E-state index contributed by atoms with van der Waals surface area (Å²) in [5.41, 5.74) is 1.28. The van der Waals surface area contributed by atoms with Crippen molar-refractivity contribution >= 4 is 31.9 Å². The lowest BCUT2D eigenvalue weighted by molar-refractivity contribution is 0.472. The molecule has 2 N–H and O–H groups in total. The molecule has 1 atom stereocenters. The summed E-state index contributed by atoms with van der Waals surface area (Å²) >= 11 is 7.02. The van der Waals surface area contributed by atoms with E-state index in [0.717, 1.165) is 28.6 Å². The Morgan fingerprint density at radius 3 is 2.17 bits per heavy atom. The maximum atomic E-state index is 3.52. The molecule has 1 rings (SSSR count). The van der Waals surface area contributed by atoms with Crippen molar-refractivity contribution in [3.8, 4) is 0 Å². The summed E-state index contributed by atoms with van der Waals surface area (Å²) in [4.78, 5) is 0. The standard InChI is InChI=1S/C14H22Br2N2/c1-10(2)7-17-8-11(3)18-9-12-4-13(15)6-14(16)5-12/h4-6,10-11,17-18H,7-9H2,1-3H3. The van der Waals surface area contributed by atoms with E-state index in [-0.39, 0.29) is 0 Å². The first kappa shape index (κ1) is 16.2.